The van der Waals surface area contributed by atoms with Crippen molar-refractivity contribution in [1.29, 1.82) is 0 Å². The first-order chi connectivity index (χ1) is 8.67. The number of aromatic nitrogens is 1. The van der Waals surface area contributed by atoms with Crippen LogP contribution in [0.3, 0.4) is 0 Å². The molecule has 0 bridgehead atoms. The Morgan fingerprint density at radius 1 is 1.72 bits per heavy atom. The van der Waals surface area contributed by atoms with E-state index in [0.717, 1.165) is 0 Å². The van der Waals surface area contributed by atoms with Gasteiger partial charge in [-0.2, -0.15) is 0 Å². The van der Waals surface area contributed by atoms with Crippen LogP contribution in [0.15, 0.2) is 11.6 Å². The third-order valence-electron chi connectivity index (χ3n) is 2.65. The SMILES string of the molecule is CC1CN(CC(=O)Nc2nccs2)CC(CO)O1. The fourth-order valence-electron chi connectivity index (χ4n) is 2.02. The molecule has 0 spiro atoms. The molecule has 1 saturated heterocycles. The van der Waals surface area contributed by atoms with Crippen molar-refractivity contribution in [2.24, 2.45) is 0 Å². The number of carbonyl (C=O) groups is 1. The summed E-state index contributed by atoms with van der Waals surface area (Å²) < 4.78 is 5.52. The molecule has 6 nitrogen and oxygen atoms in total. The first kappa shape index (κ1) is 13.4. The van der Waals surface area contributed by atoms with Crippen LogP contribution in [-0.4, -0.2) is 59.3 Å². The van der Waals surface area contributed by atoms with Gasteiger partial charge in [0.15, 0.2) is 5.13 Å². The maximum absolute atomic E-state index is 11.8. The van der Waals surface area contributed by atoms with E-state index in [0.29, 0.717) is 24.8 Å². The van der Waals surface area contributed by atoms with Crippen LogP contribution < -0.4 is 5.32 Å². The van der Waals surface area contributed by atoms with Crippen molar-refractivity contribution < 1.29 is 14.6 Å². The zero-order valence-corrected chi connectivity index (χ0v) is 11.0. The molecule has 0 radical (unpaired) electrons. The van der Waals surface area contributed by atoms with Gasteiger partial charge in [0.1, 0.15) is 0 Å². The van der Waals surface area contributed by atoms with Gasteiger partial charge in [-0.15, -0.1) is 11.3 Å². The molecule has 100 valence electrons. The Morgan fingerprint density at radius 3 is 3.22 bits per heavy atom. The van der Waals surface area contributed by atoms with Crippen molar-refractivity contribution >= 4 is 22.4 Å². The fraction of sp³-hybridized carbons (Fsp3) is 0.636. The number of amides is 1. The lowest BCUT2D eigenvalue weighted by Gasteiger charge is -2.35. The molecule has 1 amide bonds. The molecular weight excluding hydrogens is 254 g/mol. The number of nitrogens with one attached hydrogen (secondary N) is 1. The zero-order chi connectivity index (χ0) is 13.0. The number of hydrogen-bond acceptors (Lipinski definition) is 6. The van der Waals surface area contributed by atoms with Gasteiger partial charge >= 0.3 is 0 Å². The second kappa shape index (κ2) is 6.24. The molecule has 2 rings (SSSR count). The normalized spacial score (nSPS) is 25.0. The lowest BCUT2D eigenvalue weighted by molar-refractivity contribution is -0.124. The molecule has 2 N–H and O–H groups in total. The topological polar surface area (TPSA) is 74.7 Å². The number of aliphatic hydroxyl groups is 1. The van der Waals surface area contributed by atoms with Gasteiger partial charge in [-0.05, 0) is 6.92 Å². The van der Waals surface area contributed by atoms with E-state index in [1.54, 1.807) is 6.20 Å². The number of nitrogens with zero attached hydrogens (tertiary/aromatic N) is 2. The Labute approximate surface area is 110 Å². The predicted molar refractivity (Wildman–Crippen MR) is 68.6 cm³/mol. The zero-order valence-electron chi connectivity index (χ0n) is 10.2. The molecule has 1 fully saturated rings. The van der Waals surface area contributed by atoms with Crippen LogP contribution in [0.1, 0.15) is 6.92 Å². The van der Waals surface area contributed by atoms with E-state index in [-0.39, 0.29) is 24.7 Å². The van der Waals surface area contributed by atoms with Crippen LogP contribution in [0.2, 0.25) is 0 Å². The van der Waals surface area contributed by atoms with Gasteiger partial charge < -0.3 is 15.2 Å². The molecule has 2 heterocycles. The number of aliphatic hydroxyl groups excluding tert-OH is 1. The highest BCUT2D eigenvalue weighted by atomic mass is 32.1. The monoisotopic (exact) mass is 271 g/mol. The first-order valence-corrected chi connectivity index (χ1v) is 6.73. The quantitative estimate of drug-likeness (QED) is 0.816. The highest BCUT2D eigenvalue weighted by Crippen LogP contribution is 2.12. The number of morpholine rings is 1. The van der Waals surface area contributed by atoms with Crippen LogP contribution >= 0.6 is 11.3 Å². The summed E-state index contributed by atoms with van der Waals surface area (Å²) in [7, 11) is 0. The summed E-state index contributed by atoms with van der Waals surface area (Å²) >= 11 is 1.39. The van der Waals surface area contributed by atoms with Gasteiger partial charge in [-0.3, -0.25) is 9.69 Å². The van der Waals surface area contributed by atoms with Crippen molar-refractivity contribution in [2.75, 3.05) is 31.6 Å². The Balaban J connectivity index is 1.83. The smallest absolute Gasteiger partial charge is 0.240 e. The van der Waals surface area contributed by atoms with E-state index in [1.807, 2.05) is 17.2 Å². The van der Waals surface area contributed by atoms with Crippen LogP contribution in [0, 0.1) is 0 Å². The fourth-order valence-corrected chi connectivity index (χ4v) is 2.56. The summed E-state index contributed by atoms with van der Waals surface area (Å²) in [6.07, 6.45) is 1.48. The lowest BCUT2D eigenvalue weighted by Crippen LogP contribution is -2.50. The maximum atomic E-state index is 11.8. The van der Waals surface area contributed by atoms with Crippen molar-refractivity contribution in [2.45, 2.75) is 19.1 Å². The Hall–Kier alpha value is -1.02. The number of hydrogen-bond donors (Lipinski definition) is 2. The third kappa shape index (κ3) is 3.74. The van der Waals surface area contributed by atoms with Crippen molar-refractivity contribution in [3.05, 3.63) is 11.6 Å². The van der Waals surface area contributed by atoms with E-state index < -0.39 is 0 Å². The van der Waals surface area contributed by atoms with Crippen molar-refractivity contribution in [3.8, 4) is 0 Å². The third-order valence-corrected chi connectivity index (χ3v) is 3.34. The molecule has 2 unspecified atom stereocenters. The molecule has 1 aliphatic rings. The molecule has 0 aliphatic carbocycles. The summed E-state index contributed by atoms with van der Waals surface area (Å²) in [5.41, 5.74) is 0. The summed E-state index contributed by atoms with van der Waals surface area (Å²) in [5.74, 6) is -0.0873. The summed E-state index contributed by atoms with van der Waals surface area (Å²) in [6.45, 7) is 3.49. The van der Waals surface area contributed by atoms with Crippen molar-refractivity contribution in [1.82, 2.24) is 9.88 Å². The highest BCUT2D eigenvalue weighted by molar-refractivity contribution is 7.13. The highest BCUT2D eigenvalue weighted by Gasteiger charge is 2.25. The molecular formula is C11H17N3O3S. The largest absolute Gasteiger partial charge is 0.394 e. The summed E-state index contributed by atoms with van der Waals surface area (Å²) in [5, 5.41) is 14.3. The molecule has 2 atom stereocenters. The summed E-state index contributed by atoms with van der Waals surface area (Å²) in [6, 6.07) is 0. The van der Waals surface area contributed by atoms with Crippen LogP contribution in [-0.2, 0) is 9.53 Å². The van der Waals surface area contributed by atoms with E-state index in [2.05, 4.69) is 10.3 Å². The van der Waals surface area contributed by atoms with Gasteiger partial charge in [-0.25, -0.2) is 4.98 Å². The molecule has 1 aromatic heterocycles. The first-order valence-electron chi connectivity index (χ1n) is 5.85. The van der Waals surface area contributed by atoms with E-state index in [9.17, 15) is 4.79 Å². The predicted octanol–water partition coefficient (Wildman–Crippen LogP) is 0.163. The van der Waals surface area contributed by atoms with E-state index in [1.165, 1.54) is 11.3 Å². The molecule has 1 aliphatic heterocycles. The number of rotatable bonds is 4. The van der Waals surface area contributed by atoms with Gasteiger partial charge in [0, 0.05) is 24.7 Å². The number of anilines is 1. The van der Waals surface area contributed by atoms with E-state index in [4.69, 9.17) is 9.84 Å². The molecule has 7 heteroatoms. The number of ether oxygens (including phenoxy) is 1. The maximum Gasteiger partial charge on any atom is 0.240 e. The van der Waals surface area contributed by atoms with Crippen LogP contribution in [0.5, 0.6) is 0 Å². The van der Waals surface area contributed by atoms with Crippen LogP contribution in [0.25, 0.3) is 0 Å². The number of carbonyl (C=O) groups excluding carboxylic acids is 1. The Bertz CT molecular complexity index is 385. The second-order valence-electron chi connectivity index (χ2n) is 4.33. The minimum absolute atomic E-state index is 0.0189. The molecule has 0 aromatic carbocycles. The number of thiazole rings is 1. The van der Waals surface area contributed by atoms with E-state index >= 15 is 0 Å². The minimum atomic E-state index is -0.207. The van der Waals surface area contributed by atoms with Crippen LogP contribution in [0.4, 0.5) is 5.13 Å². The van der Waals surface area contributed by atoms with Gasteiger partial charge in [0.2, 0.25) is 5.91 Å². The Kier molecular flexibility index (Phi) is 4.65. The molecule has 18 heavy (non-hydrogen) atoms. The minimum Gasteiger partial charge on any atom is -0.394 e. The standard InChI is InChI=1S/C11H17N3O3S/c1-8-4-14(5-9(7-15)17-8)6-10(16)13-11-12-2-3-18-11/h2-3,8-9,15H,4-7H2,1H3,(H,12,13,16). The van der Waals surface area contributed by atoms with Gasteiger partial charge in [0.25, 0.3) is 0 Å². The molecule has 1 aromatic rings. The average Bonchev–Trinajstić information content (AvgIpc) is 2.80. The van der Waals surface area contributed by atoms with Gasteiger partial charge in [0.05, 0.1) is 25.4 Å². The summed E-state index contributed by atoms with van der Waals surface area (Å²) in [4.78, 5) is 17.8. The van der Waals surface area contributed by atoms with Gasteiger partial charge in [-0.1, -0.05) is 0 Å². The lowest BCUT2D eigenvalue weighted by atomic mass is 10.2. The van der Waals surface area contributed by atoms with Crippen molar-refractivity contribution in [3.63, 3.8) is 0 Å². The molecule has 0 saturated carbocycles. The Morgan fingerprint density at radius 2 is 2.56 bits per heavy atom. The second-order valence-corrected chi connectivity index (χ2v) is 5.23. The average molecular weight is 271 g/mol.